The second-order valence-corrected chi connectivity index (χ2v) is 2.89. The summed E-state index contributed by atoms with van der Waals surface area (Å²) in [5, 5.41) is 0. The molecule has 0 saturated heterocycles. The third kappa shape index (κ3) is 8.44. The van der Waals surface area contributed by atoms with E-state index in [2.05, 4.69) is 0 Å². The summed E-state index contributed by atoms with van der Waals surface area (Å²) in [6.07, 6.45) is 0.451. The minimum atomic E-state index is 0.226. The van der Waals surface area contributed by atoms with Crippen molar-refractivity contribution in [3.8, 4) is 0 Å². The fourth-order valence-electron chi connectivity index (χ4n) is 0.133. The molecule has 0 radical (unpaired) electrons. The van der Waals surface area contributed by atoms with Crippen LogP contribution in [0.4, 0.5) is 0 Å². The van der Waals surface area contributed by atoms with Crippen molar-refractivity contribution >= 4 is 0 Å². The van der Waals surface area contributed by atoms with Gasteiger partial charge in [0.15, 0.2) is 0 Å². The minimum absolute atomic E-state index is 0.226. The summed E-state index contributed by atoms with van der Waals surface area (Å²) in [5.74, 6) is 0. The predicted octanol–water partition coefficient (Wildman–Crippen LogP) is 1.75. The summed E-state index contributed by atoms with van der Waals surface area (Å²) in [6, 6.07) is 0. The fraction of sp³-hybridized carbons (Fsp3) is 1.00. The van der Waals surface area contributed by atoms with Gasteiger partial charge in [0.25, 0.3) is 0 Å². The molecule has 0 aliphatic carbocycles. The molecule has 0 unspecified atom stereocenters. The predicted molar refractivity (Wildman–Crippen MR) is 32.4 cm³/mol. The van der Waals surface area contributed by atoms with Crippen molar-refractivity contribution in [1.82, 2.24) is 0 Å². The van der Waals surface area contributed by atoms with Crippen LogP contribution >= 0.6 is 0 Å². The zero-order chi connectivity index (χ0) is 7.28. The van der Waals surface area contributed by atoms with E-state index in [-0.39, 0.29) is 12.2 Å². The second-order valence-electron chi connectivity index (χ2n) is 2.29. The molecule has 0 bridgehead atoms. The molecule has 0 N–H and O–H groups in total. The molecule has 2 nitrogen and oxygen atoms in total. The first kappa shape index (κ1) is 9.44. The van der Waals surface area contributed by atoms with Crippen molar-refractivity contribution in [2.45, 2.75) is 39.9 Å². The molecule has 0 spiro atoms. The number of hydrogen-bond donors (Lipinski definition) is 0. The summed E-state index contributed by atoms with van der Waals surface area (Å²) in [5.41, 5.74) is 0. The van der Waals surface area contributed by atoms with E-state index < -0.39 is 0 Å². The van der Waals surface area contributed by atoms with E-state index in [9.17, 15) is 0 Å². The van der Waals surface area contributed by atoms with Crippen LogP contribution in [-0.4, -0.2) is 12.2 Å². The summed E-state index contributed by atoms with van der Waals surface area (Å²) in [6.45, 7) is 7.87. The van der Waals surface area contributed by atoms with E-state index in [4.69, 9.17) is 7.64 Å². The van der Waals surface area contributed by atoms with Crippen molar-refractivity contribution in [3.63, 3.8) is 0 Å². The second kappa shape index (κ2) is 5.24. The van der Waals surface area contributed by atoms with Crippen molar-refractivity contribution in [2.24, 2.45) is 0 Å². The fourth-order valence-corrected chi connectivity index (χ4v) is 0.548. The molecule has 0 aromatic heterocycles. The Hall–Kier alpha value is 0.439. The van der Waals surface area contributed by atoms with Gasteiger partial charge in [-0.2, -0.15) is 0 Å². The Labute approximate surface area is 63.7 Å². The normalized spacial score (nSPS) is 11.8. The average Bonchev–Trinajstić information content (AvgIpc) is 1.63. The Bertz CT molecular complexity index is 56.1. The van der Waals surface area contributed by atoms with E-state index in [0.717, 1.165) is 15.6 Å². The number of rotatable bonds is 4. The van der Waals surface area contributed by atoms with Crippen molar-refractivity contribution in [3.05, 3.63) is 0 Å². The molecule has 0 saturated carbocycles. The molecule has 0 amide bonds. The van der Waals surface area contributed by atoms with Gasteiger partial charge in [-0.3, -0.25) is 0 Å². The summed E-state index contributed by atoms with van der Waals surface area (Å²) in [4.78, 5) is 0. The standard InChI is InChI=1S/2C3H7O.Cu/c2*1-3(2)4;/h2*3H,1-2H3;/q2*-1;+2. The monoisotopic (exact) mass is 181 g/mol. The zero-order valence-electron chi connectivity index (χ0n) is 6.27. The molecular formula is C6H14CuO2. The van der Waals surface area contributed by atoms with Crippen LogP contribution in [0.25, 0.3) is 0 Å². The first-order valence-corrected chi connectivity index (χ1v) is 3.80. The third-order valence-corrected chi connectivity index (χ3v) is 1.41. The maximum atomic E-state index is 5.04. The van der Waals surface area contributed by atoms with Gasteiger partial charge in [0, 0.05) is 0 Å². The van der Waals surface area contributed by atoms with E-state index >= 15 is 0 Å². The molecule has 0 aromatic carbocycles. The molecule has 0 aliphatic rings. The molecule has 61 valence electrons. The third-order valence-electron chi connectivity index (χ3n) is 0.342. The van der Waals surface area contributed by atoms with Crippen LogP contribution in [0.3, 0.4) is 0 Å². The Kier molecular flexibility index (Phi) is 5.50. The summed E-state index contributed by atoms with van der Waals surface area (Å²) >= 11 is 1.15. The Morgan fingerprint density at radius 2 is 1.22 bits per heavy atom. The van der Waals surface area contributed by atoms with Crippen molar-refractivity contribution < 1.29 is 23.3 Å². The van der Waals surface area contributed by atoms with Gasteiger partial charge in [-0.1, -0.05) is 0 Å². The average molecular weight is 182 g/mol. The Balaban J connectivity index is 2.91. The van der Waals surface area contributed by atoms with E-state index in [1.54, 1.807) is 0 Å². The van der Waals surface area contributed by atoms with Gasteiger partial charge in [-0.15, -0.1) is 0 Å². The molecule has 0 fully saturated rings. The van der Waals surface area contributed by atoms with Gasteiger partial charge in [0.05, 0.1) is 0 Å². The van der Waals surface area contributed by atoms with Gasteiger partial charge in [-0.25, -0.2) is 0 Å². The SMILES string of the molecule is CC(C)[O][Cu][O]C(C)C. The summed E-state index contributed by atoms with van der Waals surface area (Å²) < 4.78 is 10.1. The van der Waals surface area contributed by atoms with Crippen LogP contribution in [0.1, 0.15) is 27.7 Å². The molecule has 0 rings (SSSR count). The van der Waals surface area contributed by atoms with Crippen LogP contribution in [-0.2, 0) is 23.3 Å². The maximum absolute atomic E-state index is 5.04. The van der Waals surface area contributed by atoms with Gasteiger partial charge in [-0.05, 0) is 0 Å². The zero-order valence-corrected chi connectivity index (χ0v) is 7.21. The van der Waals surface area contributed by atoms with Gasteiger partial charge in [0.1, 0.15) is 0 Å². The molecule has 0 heterocycles. The van der Waals surface area contributed by atoms with Crippen LogP contribution in [0, 0.1) is 0 Å². The van der Waals surface area contributed by atoms with E-state index in [0.29, 0.717) is 0 Å². The molecule has 9 heavy (non-hydrogen) atoms. The van der Waals surface area contributed by atoms with E-state index in [1.807, 2.05) is 27.7 Å². The summed E-state index contributed by atoms with van der Waals surface area (Å²) in [7, 11) is 0. The first-order valence-electron chi connectivity index (χ1n) is 3.03. The molecule has 3 heteroatoms. The Morgan fingerprint density at radius 1 is 0.889 bits per heavy atom. The van der Waals surface area contributed by atoms with Crippen LogP contribution < -0.4 is 0 Å². The van der Waals surface area contributed by atoms with Crippen molar-refractivity contribution in [2.75, 3.05) is 0 Å². The van der Waals surface area contributed by atoms with Crippen LogP contribution in [0.15, 0.2) is 0 Å². The first-order chi connectivity index (χ1) is 4.13. The van der Waals surface area contributed by atoms with E-state index in [1.165, 1.54) is 0 Å². The molecule has 0 atom stereocenters. The van der Waals surface area contributed by atoms with Crippen molar-refractivity contribution in [1.29, 1.82) is 0 Å². The van der Waals surface area contributed by atoms with Gasteiger partial charge >= 0.3 is 63.2 Å². The van der Waals surface area contributed by atoms with Gasteiger partial charge < -0.3 is 0 Å². The molecule has 0 aromatic rings. The molecular weight excluding hydrogens is 168 g/mol. The van der Waals surface area contributed by atoms with Gasteiger partial charge in [0.2, 0.25) is 0 Å². The van der Waals surface area contributed by atoms with Crippen LogP contribution in [0.2, 0.25) is 0 Å². The van der Waals surface area contributed by atoms with Crippen LogP contribution in [0.5, 0.6) is 0 Å². The quantitative estimate of drug-likeness (QED) is 0.616. The molecule has 0 aliphatic heterocycles. The number of hydrogen-bond acceptors (Lipinski definition) is 2. The topological polar surface area (TPSA) is 18.5 Å². The Morgan fingerprint density at radius 3 is 1.44 bits per heavy atom.